The highest BCUT2D eigenvalue weighted by atomic mass is 16.5. The van der Waals surface area contributed by atoms with Crippen molar-refractivity contribution in [2.75, 3.05) is 0 Å². The largest absolute Gasteiger partial charge is 0.489 e. The van der Waals surface area contributed by atoms with Gasteiger partial charge in [0.05, 0.1) is 12.7 Å². The molecule has 2 aromatic rings. The van der Waals surface area contributed by atoms with Gasteiger partial charge < -0.3 is 14.9 Å². The summed E-state index contributed by atoms with van der Waals surface area (Å²) in [5, 5.41) is 19.0. The van der Waals surface area contributed by atoms with Crippen LogP contribution in [0.1, 0.15) is 36.1 Å². The summed E-state index contributed by atoms with van der Waals surface area (Å²) in [6.45, 7) is 2.43. The molecule has 3 heteroatoms. The smallest absolute Gasteiger partial charge is 0.125 e. The lowest BCUT2D eigenvalue weighted by Gasteiger charge is -2.15. The van der Waals surface area contributed by atoms with E-state index in [1.54, 1.807) is 0 Å². The average molecular weight is 272 g/mol. The Morgan fingerprint density at radius 2 is 1.65 bits per heavy atom. The molecule has 2 aromatic carbocycles. The van der Waals surface area contributed by atoms with Crippen LogP contribution >= 0.6 is 0 Å². The second-order valence-corrected chi connectivity index (χ2v) is 4.73. The maximum atomic E-state index is 9.97. The van der Waals surface area contributed by atoms with E-state index >= 15 is 0 Å². The van der Waals surface area contributed by atoms with Gasteiger partial charge in [0.1, 0.15) is 12.4 Å². The van der Waals surface area contributed by atoms with Crippen LogP contribution in [0.25, 0.3) is 0 Å². The standard InChI is InChI=1S/C17H20O3/c1-2-16(19)15-5-3-4-6-17(15)20-12-14-9-7-13(11-18)8-10-14/h3-10,16,18-19H,2,11-12H2,1H3. The number of hydrogen-bond donors (Lipinski definition) is 2. The van der Waals surface area contributed by atoms with E-state index in [0.717, 1.165) is 16.7 Å². The van der Waals surface area contributed by atoms with Crippen LogP contribution in [0.2, 0.25) is 0 Å². The topological polar surface area (TPSA) is 49.7 Å². The number of aliphatic hydroxyl groups excluding tert-OH is 2. The number of hydrogen-bond acceptors (Lipinski definition) is 3. The van der Waals surface area contributed by atoms with Gasteiger partial charge in [0.15, 0.2) is 0 Å². The van der Waals surface area contributed by atoms with Gasteiger partial charge in [-0.3, -0.25) is 0 Å². The summed E-state index contributed by atoms with van der Waals surface area (Å²) in [5.41, 5.74) is 2.74. The van der Waals surface area contributed by atoms with E-state index in [2.05, 4.69) is 0 Å². The van der Waals surface area contributed by atoms with E-state index in [0.29, 0.717) is 18.8 Å². The van der Waals surface area contributed by atoms with E-state index in [-0.39, 0.29) is 6.61 Å². The third-order valence-corrected chi connectivity index (χ3v) is 3.26. The Kier molecular flexibility index (Phi) is 5.16. The second kappa shape index (κ2) is 7.08. The van der Waals surface area contributed by atoms with Gasteiger partial charge in [0.25, 0.3) is 0 Å². The Balaban J connectivity index is 2.06. The molecule has 0 amide bonds. The highest BCUT2D eigenvalue weighted by molar-refractivity contribution is 5.35. The normalized spacial score (nSPS) is 12.2. The molecule has 2 rings (SSSR count). The molecule has 0 aliphatic carbocycles. The van der Waals surface area contributed by atoms with Crippen molar-refractivity contribution in [1.82, 2.24) is 0 Å². The van der Waals surface area contributed by atoms with Gasteiger partial charge in [-0.1, -0.05) is 49.4 Å². The fraction of sp³-hybridized carbons (Fsp3) is 0.294. The summed E-state index contributed by atoms with van der Waals surface area (Å²) in [5.74, 6) is 0.716. The summed E-state index contributed by atoms with van der Waals surface area (Å²) < 4.78 is 5.80. The van der Waals surface area contributed by atoms with Crippen molar-refractivity contribution in [3.8, 4) is 5.75 Å². The van der Waals surface area contributed by atoms with Gasteiger partial charge in [-0.25, -0.2) is 0 Å². The first-order valence-electron chi connectivity index (χ1n) is 6.83. The maximum Gasteiger partial charge on any atom is 0.125 e. The molecule has 0 radical (unpaired) electrons. The molecule has 0 saturated carbocycles. The molecule has 1 unspecified atom stereocenters. The molecule has 0 bridgehead atoms. The Labute approximate surface area is 119 Å². The molecule has 0 saturated heterocycles. The van der Waals surface area contributed by atoms with Gasteiger partial charge in [-0.2, -0.15) is 0 Å². The van der Waals surface area contributed by atoms with Gasteiger partial charge >= 0.3 is 0 Å². The molecule has 106 valence electrons. The third-order valence-electron chi connectivity index (χ3n) is 3.26. The predicted octanol–water partition coefficient (Wildman–Crippen LogP) is 3.20. The van der Waals surface area contributed by atoms with Gasteiger partial charge in [-0.05, 0) is 23.6 Å². The lowest BCUT2D eigenvalue weighted by molar-refractivity contribution is 0.166. The molecular formula is C17H20O3. The van der Waals surface area contributed by atoms with Crippen molar-refractivity contribution in [2.45, 2.75) is 32.7 Å². The number of para-hydroxylation sites is 1. The van der Waals surface area contributed by atoms with Crippen molar-refractivity contribution < 1.29 is 14.9 Å². The predicted molar refractivity (Wildman–Crippen MR) is 78.4 cm³/mol. The van der Waals surface area contributed by atoms with Crippen molar-refractivity contribution in [1.29, 1.82) is 0 Å². The highest BCUT2D eigenvalue weighted by Gasteiger charge is 2.10. The van der Waals surface area contributed by atoms with Crippen molar-refractivity contribution in [3.05, 3.63) is 65.2 Å². The van der Waals surface area contributed by atoms with E-state index in [1.807, 2.05) is 55.5 Å². The van der Waals surface area contributed by atoms with Crippen LogP contribution in [0.4, 0.5) is 0 Å². The molecule has 0 aliphatic heterocycles. The van der Waals surface area contributed by atoms with Crippen LogP contribution in [-0.2, 0) is 13.2 Å². The lowest BCUT2D eigenvalue weighted by atomic mass is 10.1. The van der Waals surface area contributed by atoms with E-state index < -0.39 is 6.10 Å². The van der Waals surface area contributed by atoms with E-state index in [1.165, 1.54) is 0 Å². The minimum absolute atomic E-state index is 0.0483. The van der Waals surface area contributed by atoms with E-state index in [9.17, 15) is 5.11 Å². The van der Waals surface area contributed by atoms with Crippen molar-refractivity contribution in [2.24, 2.45) is 0 Å². The number of benzene rings is 2. The van der Waals surface area contributed by atoms with Crippen LogP contribution in [0.3, 0.4) is 0 Å². The van der Waals surface area contributed by atoms with E-state index in [4.69, 9.17) is 9.84 Å². The Hall–Kier alpha value is -1.84. The molecule has 0 fully saturated rings. The molecule has 2 N–H and O–H groups in total. The SMILES string of the molecule is CCC(O)c1ccccc1OCc1ccc(CO)cc1. The zero-order chi connectivity index (χ0) is 14.4. The summed E-state index contributed by atoms with van der Waals surface area (Å²) >= 11 is 0. The minimum atomic E-state index is -0.497. The van der Waals surface area contributed by atoms with Gasteiger partial charge in [-0.15, -0.1) is 0 Å². The fourth-order valence-corrected chi connectivity index (χ4v) is 2.01. The summed E-state index contributed by atoms with van der Waals surface area (Å²) in [6.07, 6.45) is 0.161. The zero-order valence-electron chi connectivity index (χ0n) is 11.6. The number of ether oxygens (including phenoxy) is 1. The Morgan fingerprint density at radius 1 is 1.00 bits per heavy atom. The first kappa shape index (κ1) is 14.6. The summed E-state index contributed by atoms with van der Waals surface area (Å²) in [4.78, 5) is 0. The fourth-order valence-electron chi connectivity index (χ4n) is 2.01. The summed E-state index contributed by atoms with van der Waals surface area (Å²) in [7, 11) is 0. The quantitative estimate of drug-likeness (QED) is 0.849. The van der Waals surface area contributed by atoms with Crippen LogP contribution < -0.4 is 4.74 Å². The number of rotatable bonds is 6. The molecule has 1 atom stereocenters. The molecule has 0 aromatic heterocycles. The average Bonchev–Trinajstić information content (AvgIpc) is 2.53. The van der Waals surface area contributed by atoms with Crippen LogP contribution in [0.15, 0.2) is 48.5 Å². The lowest BCUT2D eigenvalue weighted by Crippen LogP contribution is -2.02. The maximum absolute atomic E-state index is 9.97. The third kappa shape index (κ3) is 3.59. The molecular weight excluding hydrogens is 252 g/mol. The highest BCUT2D eigenvalue weighted by Crippen LogP contribution is 2.27. The van der Waals surface area contributed by atoms with Crippen molar-refractivity contribution in [3.63, 3.8) is 0 Å². The van der Waals surface area contributed by atoms with Crippen LogP contribution in [-0.4, -0.2) is 10.2 Å². The molecule has 0 spiro atoms. The van der Waals surface area contributed by atoms with Crippen LogP contribution in [0, 0.1) is 0 Å². The van der Waals surface area contributed by atoms with Crippen molar-refractivity contribution >= 4 is 0 Å². The first-order chi connectivity index (χ1) is 9.74. The molecule has 0 heterocycles. The summed E-state index contributed by atoms with van der Waals surface area (Å²) in [6, 6.07) is 15.2. The Morgan fingerprint density at radius 3 is 2.30 bits per heavy atom. The Bertz CT molecular complexity index is 534. The monoisotopic (exact) mass is 272 g/mol. The van der Waals surface area contributed by atoms with Crippen LogP contribution in [0.5, 0.6) is 5.75 Å². The molecule has 20 heavy (non-hydrogen) atoms. The second-order valence-electron chi connectivity index (χ2n) is 4.73. The zero-order valence-corrected chi connectivity index (χ0v) is 11.6. The first-order valence-corrected chi connectivity index (χ1v) is 6.83. The van der Waals surface area contributed by atoms with Gasteiger partial charge in [0, 0.05) is 5.56 Å². The molecule has 3 nitrogen and oxygen atoms in total. The number of aliphatic hydroxyl groups is 2. The van der Waals surface area contributed by atoms with Gasteiger partial charge in [0.2, 0.25) is 0 Å². The molecule has 0 aliphatic rings. The minimum Gasteiger partial charge on any atom is -0.489 e.